The van der Waals surface area contributed by atoms with Gasteiger partial charge in [-0.1, -0.05) is 0 Å². The van der Waals surface area contributed by atoms with Crippen LogP contribution in [0.25, 0.3) is 33.4 Å². The van der Waals surface area contributed by atoms with Gasteiger partial charge in [0.2, 0.25) is 0 Å². The van der Waals surface area contributed by atoms with E-state index in [1.807, 2.05) is 3.21 Å². The maximum Gasteiger partial charge on any atom is -1.00 e. The van der Waals surface area contributed by atoms with E-state index in [1.54, 1.807) is 14.4 Å². The van der Waals surface area contributed by atoms with Crippen molar-refractivity contribution < 1.29 is 46.1 Å². The number of fused-ring (bicyclic) bond motifs is 3. The van der Waals surface area contributed by atoms with Gasteiger partial charge in [-0.15, -0.1) is 0 Å². The van der Waals surface area contributed by atoms with Crippen LogP contribution in [0, 0.1) is 0 Å². The third-order valence-corrected chi connectivity index (χ3v) is 18.2. The molecule has 0 radical (unpaired) electrons. The molecule has 3 heteroatoms. The number of hydrogen-bond donors (Lipinski definition) is 0. The van der Waals surface area contributed by atoms with Crippen LogP contribution in [0.4, 0.5) is 0 Å². The van der Waals surface area contributed by atoms with Crippen LogP contribution in [-0.2, 0) is 38.5 Å². The van der Waals surface area contributed by atoms with Gasteiger partial charge in [-0.2, -0.15) is 0 Å². The van der Waals surface area contributed by atoms with Crippen LogP contribution >= 0.6 is 0 Å². The van der Waals surface area contributed by atoms with Gasteiger partial charge in [0, 0.05) is 0 Å². The second kappa shape index (κ2) is 13.1. The fourth-order valence-electron chi connectivity index (χ4n) is 7.48. The molecule has 0 spiro atoms. The van der Waals surface area contributed by atoms with Crippen LogP contribution in [-0.4, -0.2) is 3.21 Å². The van der Waals surface area contributed by atoms with Crippen molar-refractivity contribution >= 4 is 6.48 Å². The number of halogens is 2. The normalized spacial score (nSPS) is 15.0. The standard InChI is InChI=1S/C33H33.C5H5.C4H6.2ClH.Zr/c1-32(2,3)30-20-26-24(18-28(30)22-13-9-7-10-14-22)17-25-19-29(23-15-11-8-12-16-23)31(21-27(25)26)33(4,5)6;1-2-4-5-3-1;1-2-4-3-1;;;/h7-16,18,20-21H,17H2,1-6H3;1-5H;1-3H2;2*1H;/q;;;;;+2/p-2. The first-order valence-electron chi connectivity index (χ1n) is 16.2. The van der Waals surface area contributed by atoms with Crippen molar-refractivity contribution in [2.75, 3.05) is 0 Å². The van der Waals surface area contributed by atoms with Gasteiger partial charge in [0.15, 0.2) is 0 Å². The first-order chi connectivity index (χ1) is 20.6. The third kappa shape index (κ3) is 6.23. The molecule has 45 heavy (non-hydrogen) atoms. The molecule has 0 N–H and O–H groups in total. The van der Waals surface area contributed by atoms with Gasteiger partial charge in [0.05, 0.1) is 0 Å². The minimum absolute atomic E-state index is 0. The second-order valence-corrected chi connectivity index (χ2v) is 21.5. The molecule has 4 aromatic rings. The van der Waals surface area contributed by atoms with E-state index in [1.165, 1.54) is 63.8 Å². The van der Waals surface area contributed by atoms with Crippen LogP contribution in [0.5, 0.6) is 0 Å². The average Bonchev–Trinajstić information content (AvgIpc) is 3.61. The number of benzene rings is 4. The van der Waals surface area contributed by atoms with Crippen molar-refractivity contribution in [1.29, 1.82) is 0 Å². The number of allylic oxidation sites excluding steroid dienone is 4. The summed E-state index contributed by atoms with van der Waals surface area (Å²) in [5, 5.41) is 0. The van der Waals surface area contributed by atoms with Gasteiger partial charge in [0.25, 0.3) is 0 Å². The Kier molecular flexibility index (Phi) is 9.88. The quantitative estimate of drug-likeness (QED) is 0.254. The molecule has 0 aromatic heterocycles. The van der Waals surface area contributed by atoms with Gasteiger partial charge in [-0.05, 0) is 0 Å². The summed E-state index contributed by atoms with van der Waals surface area (Å²) in [7, 11) is 0. The van der Waals surface area contributed by atoms with E-state index in [0.717, 1.165) is 6.42 Å². The van der Waals surface area contributed by atoms with E-state index in [2.05, 4.69) is 145 Å². The fourth-order valence-corrected chi connectivity index (χ4v) is 16.7. The Morgan fingerprint density at radius 1 is 0.622 bits per heavy atom. The Balaban J connectivity index is 0.00000200. The largest absolute Gasteiger partial charge is 1.00 e. The molecule has 1 saturated carbocycles. The summed E-state index contributed by atoms with van der Waals surface area (Å²) in [6.45, 7) is 14.4. The van der Waals surface area contributed by atoms with Crippen LogP contribution in [0.1, 0.15) is 83.1 Å². The van der Waals surface area contributed by atoms with E-state index in [4.69, 9.17) is 0 Å². The zero-order valence-electron chi connectivity index (χ0n) is 27.5. The molecule has 0 nitrogen and oxygen atoms in total. The van der Waals surface area contributed by atoms with Gasteiger partial charge >= 0.3 is 268 Å². The monoisotopic (exact) mass is 708 g/mol. The Labute approximate surface area is 291 Å². The molecule has 4 aromatic carbocycles. The van der Waals surface area contributed by atoms with Crippen molar-refractivity contribution in [2.24, 2.45) is 0 Å². The van der Waals surface area contributed by atoms with Gasteiger partial charge in [0.1, 0.15) is 0 Å². The molecule has 1 fully saturated rings. The molecule has 0 aliphatic heterocycles. The zero-order valence-corrected chi connectivity index (χ0v) is 31.4. The van der Waals surface area contributed by atoms with E-state index in [-0.39, 0.29) is 35.6 Å². The summed E-state index contributed by atoms with van der Waals surface area (Å²) >= 11 is -2.31. The molecular formula is C42H44Cl2Zr. The predicted molar refractivity (Wildman–Crippen MR) is 183 cm³/mol. The van der Waals surface area contributed by atoms with E-state index < -0.39 is 21.3 Å². The molecule has 0 unspecified atom stereocenters. The molecular weight excluding hydrogens is 667 g/mol. The summed E-state index contributed by atoms with van der Waals surface area (Å²) in [5.74, 6) is 0. The van der Waals surface area contributed by atoms with Crippen molar-refractivity contribution in [3.63, 3.8) is 0 Å². The summed E-state index contributed by atoms with van der Waals surface area (Å²) in [6.07, 6.45) is 14.8. The van der Waals surface area contributed by atoms with Crippen LogP contribution in [0.3, 0.4) is 0 Å². The molecule has 0 atom stereocenters. The second-order valence-electron chi connectivity index (χ2n) is 14.8. The molecule has 0 amide bonds. The predicted octanol–water partition coefficient (Wildman–Crippen LogP) is 4.71. The Morgan fingerprint density at radius 2 is 1.18 bits per heavy atom. The molecule has 7 rings (SSSR count). The minimum Gasteiger partial charge on any atom is -1.00 e. The number of hydrogen-bond acceptors (Lipinski definition) is 0. The SMILES string of the molecule is CC(C)(C)c1cc2c(cc1-c1ccccc1)Cc1c-2cc(C(C)(C)C)c(-c2ccccc2)[c]1[Zr+2](=[C]1CCC1)[CH]1C=CC=C1.[Cl-].[Cl-]. The van der Waals surface area contributed by atoms with Crippen molar-refractivity contribution in [3.05, 3.63) is 125 Å². The molecule has 3 aliphatic carbocycles. The van der Waals surface area contributed by atoms with Crippen molar-refractivity contribution in [2.45, 2.75) is 81.7 Å². The molecule has 3 aliphatic rings. The maximum atomic E-state index is 2.62. The van der Waals surface area contributed by atoms with Gasteiger partial charge in [-0.3, -0.25) is 0 Å². The Hall–Kier alpha value is -2.31. The van der Waals surface area contributed by atoms with Gasteiger partial charge < -0.3 is 24.8 Å². The first-order valence-corrected chi connectivity index (χ1v) is 20.1. The Bertz CT molecular complexity index is 1800. The van der Waals surface area contributed by atoms with Crippen LogP contribution in [0.15, 0.2) is 103 Å². The summed E-state index contributed by atoms with van der Waals surface area (Å²) < 4.78 is 4.35. The van der Waals surface area contributed by atoms with Crippen molar-refractivity contribution in [3.8, 4) is 33.4 Å². The van der Waals surface area contributed by atoms with Crippen molar-refractivity contribution in [1.82, 2.24) is 0 Å². The smallest absolute Gasteiger partial charge is 1.00 e. The van der Waals surface area contributed by atoms with Crippen LogP contribution in [0.2, 0.25) is 3.63 Å². The summed E-state index contributed by atoms with van der Waals surface area (Å²) in [6, 6.07) is 30.2. The zero-order chi connectivity index (χ0) is 29.9. The third-order valence-electron chi connectivity index (χ3n) is 9.79. The molecule has 0 bridgehead atoms. The Morgan fingerprint density at radius 3 is 1.71 bits per heavy atom. The maximum absolute atomic E-state index is 2.62. The average molecular weight is 711 g/mol. The molecule has 0 saturated heterocycles. The fraction of sp³-hybridized carbons (Fsp3) is 0.310. The summed E-state index contributed by atoms with van der Waals surface area (Å²) in [4.78, 5) is 0. The topological polar surface area (TPSA) is 0 Å². The van der Waals surface area contributed by atoms with E-state index >= 15 is 0 Å². The van der Waals surface area contributed by atoms with E-state index in [9.17, 15) is 0 Å². The van der Waals surface area contributed by atoms with E-state index in [0.29, 0.717) is 3.63 Å². The molecule has 230 valence electrons. The van der Waals surface area contributed by atoms with Crippen LogP contribution < -0.4 is 28.1 Å². The van der Waals surface area contributed by atoms with Gasteiger partial charge in [-0.25, -0.2) is 0 Å². The molecule has 0 heterocycles. The summed E-state index contributed by atoms with van der Waals surface area (Å²) in [5.41, 5.74) is 14.9. The first kappa shape index (κ1) is 34.0. The number of rotatable bonds is 4. The minimum atomic E-state index is -2.31.